The van der Waals surface area contributed by atoms with Crippen molar-refractivity contribution in [2.24, 2.45) is 0 Å². The number of fused-ring (bicyclic) bond motifs is 2. The number of thioether (sulfide) groups is 1. The van der Waals surface area contributed by atoms with Gasteiger partial charge in [0.2, 0.25) is 5.88 Å². The lowest BCUT2D eigenvalue weighted by atomic mass is 9.97. The van der Waals surface area contributed by atoms with Crippen LogP contribution in [0.4, 0.5) is 11.5 Å². The Morgan fingerprint density at radius 2 is 2.00 bits per heavy atom. The average Bonchev–Trinajstić information content (AvgIpc) is 2.68. The molecule has 1 aliphatic rings. The van der Waals surface area contributed by atoms with E-state index >= 15 is 0 Å². The fraction of sp³-hybridized carbons (Fsp3) is 0.143. The number of hydrogen-bond donors (Lipinski definition) is 2. The monoisotopic (exact) mass is 390 g/mol. The third-order valence-corrected chi connectivity index (χ3v) is 5.93. The highest BCUT2D eigenvalue weighted by atomic mass is 32.2. The second-order valence-electron chi connectivity index (χ2n) is 6.41. The van der Waals surface area contributed by atoms with Crippen LogP contribution < -0.4 is 20.9 Å². The number of benzene rings is 2. The Morgan fingerprint density at radius 1 is 1.21 bits per heavy atom. The van der Waals surface area contributed by atoms with E-state index < -0.39 is 0 Å². The van der Waals surface area contributed by atoms with Crippen LogP contribution in [0.15, 0.2) is 47.4 Å². The number of aryl methyl sites for hydroxylation is 1. The first-order valence-corrected chi connectivity index (χ1v) is 9.48. The number of anilines is 2. The topological polar surface area (TPSA) is 107 Å². The third kappa shape index (κ3) is 2.88. The number of para-hydroxylation sites is 1. The molecule has 7 heteroatoms. The highest BCUT2D eigenvalue weighted by molar-refractivity contribution is 7.99. The standard InChI is InChI=1S/C21H18N4O2S/c1-11-7-8-14-12(9-11)19(28-16-6-4-3-5-15(16)26-2)17-18(23)13(10-22)20(24)25-21(17)27-14/h3-9,19H,1-2H3,(H4,23,24,25). The van der Waals surface area contributed by atoms with E-state index in [-0.39, 0.29) is 16.6 Å². The molecule has 4 N–H and O–H groups in total. The summed E-state index contributed by atoms with van der Waals surface area (Å²) < 4.78 is 11.5. The normalized spacial score (nSPS) is 14.4. The molecule has 0 saturated heterocycles. The number of ether oxygens (including phenoxy) is 2. The van der Waals surface area contributed by atoms with Gasteiger partial charge in [0, 0.05) is 5.56 Å². The molecular formula is C21H18N4O2S. The molecule has 0 fully saturated rings. The Labute approximate surface area is 167 Å². The lowest BCUT2D eigenvalue weighted by Gasteiger charge is -2.29. The van der Waals surface area contributed by atoms with E-state index in [1.54, 1.807) is 18.9 Å². The Morgan fingerprint density at radius 3 is 2.75 bits per heavy atom. The van der Waals surface area contributed by atoms with Crippen LogP contribution in [0.5, 0.6) is 17.4 Å². The van der Waals surface area contributed by atoms with Crippen LogP contribution in [0.3, 0.4) is 0 Å². The molecule has 0 radical (unpaired) electrons. The first-order chi connectivity index (χ1) is 13.5. The van der Waals surface area contributed by atoms with E-state index in [9.17, 15) is 5.26 Å². The molecule has 2 heterocycles. The maximum Gasteiger partial charge on any atom is 0.228 e. The predicted molar refractivity (Wildman–Crippen MR) is 110 cm³/mol. The van der Waals surface area contributed by atoms with Crippen LogP contribution in [0, 0.1) is 18.3 Å². The molecule has 1 aliphatic heterocycles. The number of hydrogen-bond acceptors (Lipinski definition) is 7. The summed E-state index contributed by atoms with van der Waals surface area (Å²) in [6.07, 6.45) is 0. The van der Waals surface area contributed by atoms with Gasteiger partial charge < -0.3 is 20.9 Å². The molecule has 0 aliphatic carbocycles. The highest BCUT2D eigenvalue weighted by Crippen LogP contribution is 2.55. The molecule has 6 nitrogen and oxygen atoms in total. The Bertz CT molecular complexity index is 1120. The van der Waals surface area contributed by atoms with E-state index in [0.29, 0.717) is 22.9 Å². The summed E-state index contributed by atoms with van der Waals surface area (Å²) in [5, 5.41) is 9.25. The zero-order valence-electron chi connectivity index (χ0n) is 15.4. The number of rotatable bonds is 3. The Hall–Kier alpha value is -3.37. The summed E-state index contributed by atoms with van der Waals surface area (Å²) in [6, 6.07) is 15.8. The van der Waals surface area contributed by atoms with Gasteiger partial charge in [-0.15, -0.1) is 11.8 Å². The smallest absolute Gasteiger partial charge is 0.228 e. The quantitative estimate of drug-likeness (QED) is 0.681. The van der Waals surface area contributed by atoms with Gasteiger partial charge in [0.05, 0.1) is 28.5 Å². The fourth-order valence-electron chi connectivity index (χ4n) is 3.25. The summed E-state index contributed by atoms with van der Waals surface area (Å²) in [5.41, 5.74) is 15.5. The molecule has 1 aromatic heterocycles. The largest absolute Gasteiger partial charge is 0.496 e. The molecule has 3 aromatic rings. The van der Waals surface area contributed by atoms with Crippen molar-refractivity contribution in [1.82, 2.24) is 4.98 Å². The number of nitrogen functional groups attached to an aromatic ring is 2. The summed E-state index contributed by atoms with van der Waals surface area (Å²) in [6.45, 7) is 2.02. The van der Waals surface area contributed by atoms with Crippen molar-refractivity contribution in [1.29, 1.82) is 5.26 Å². The zero-order chi connectivity index (χ0) is 19.8. The van der Waals surface area contributed by atoms with E-state index in [4.69, 9.17) is 20.9 Å². The van der Waals surface area contributed by atoms with Gasteiger partial charge in [-0.1, -0.05) is 29.8 Å². The van der Waals surface area contributed by atoms with E-state index in [1.165, 1.54) is 0 Å². The molecule has 2 aromatic carbocycles. The third-order valence-electron chi connectivity index (χ3n) is 4.61. The first-order valence-electron chi connectivity index (χ1n) is 8.60. The second kappa shape index (κ2) is 6.98. The van der Waals surface area contributed by atoms with Gasteiger partial charge in [-0.2, -0.15) is 10.2 Å². The number of nitrogens with two attached hydrogens (primary N) is 2. The molecule has 1 atom stereocenters. The van der Waals surface area contributed by atoms with Crippen LogP contribution >= 0.6 is 11.8 Å². The van der Waals surface area contributed by atoms with E-state index in [1.807, 2.05) is 43.3 Å². The molecule has 4 rings (SSSR count). The SMILES string of the molecule is COc1ccccc1SC1c2cc(C)ccc2Oc2nc(N)c(C#N)c(N)c21. The van der Waals surface area contributed by atoms with Crippen LogP contribution in [-0.4, -0.2) is 12.1 Å². The molecule has 0 saturated carbocycles. The van der Waals surface area contributed by atoms with Crippen LogP contribution in [0.2, 0.25) is 0 Å². The lowest BCUT2D eigenvalue weighted by molar-refractivity contribution is 0.404. The number of pyridine rings is 1. The summed E-state index contributed by atoms with van der Waals surface area (Å²) in [7, 11) is 1.64. The number of methoxy groups -OCH3 is 1. The lowest BCUT2D eigenvalue weighted by Crippen LogP contribution is -2.15. The Kier molecular flexibility index (Phi) is 4.49. The molecule has 1 unspecified atom stereocenters. The van der Waals surface area contributed by atoms with Crippen molar-refractivity contribution in [3.8, 4) is 23.4 Å². The average molecular weight is 390 g/mol. The van der Waals surface area contributed by atoms with Crippen LogP contribution in [0.1, 0.15) is 27.5 Å². The van der Waals surface area contributed by atoms with Crippen LogP contribution in [0.25, 0.3) is 0 Å². The van der Waals surface area contributed by atoms with Crippen molar-refractivity contribution in [3.05, 3.63) is 64.7 Å². The van der Waals surface area contributed by atoms with Crippen molar-refractivity contribution < 1.29 is 9.47 Å². The fourth-order valence-corrected chi connectivity index (χ4v) is 4.59. The predicted octanol–water partition coefficient (Wildman–Crippen LogP) is 4.42. The van der Waals surface area contributed by atoms with E-state index in [2.05, 4.69) is 17.1 Å². The summed E-state index contributed by atoms with van der Waals surface area (Å²) >= 11 is 1.57. The van der Waals surface area contributed by atoms with Crippen molar-refractivity contribution in [3.63, 3.8) is 0 Å². The number of aromatic nitrogens is 1. The molecular weight excluding hydrogens is 372 g/mol. The van der Waals surface area contributed by atoms with Gasteiger partial charge in [-0.05, 0) is 25.1 Å². The van der Waals surface area contributed by atoms with Gasteiger partial charge in [-0.25, -0.2) is 0 Å². The molecule has 0 spiro atoms. The summed E-state index contributed by atoms with van der Waals surface area (Å²) in [5.74, 6) is 1.85. The van der Waals surface area contributed by atoms with Crippen molar-refractivity contribution >= 4 is 23.3 Å². The Balaban J connectivity index is 1.94. The first kappa shape index (κ1) is 18.0. The molecule has 28 heavy (non-hydrogen) atoms. The van der Waals surface area contributed by atoms with E-state index in [0.717, 1.165) is 21.8 Å². The number of nitrogens with zero attached hydrogens (tertiary/aromatic N) is 2. The second-order valence-corrected chi connectivity index (χ2v) is 7.56. The molecule has 0 bridgehead atoms. The molecule has 140 valence electrons. The van der Waals surface area contributed by atoms with Gasteiger partial charge in [0.15, 0.2) is 0 Å². The minimum atomic E-state index is -0.227. The maximum atomic E-state index is 9.48. The van der Waals surface area contributed by atoms with Crippen molar-refractivity contribution in [2.45, 2.75) is 17.1 Å². The van der Waals surface area contributed by atoms with Crippen molar-refractivity contribution in [2.75, 3.05) is 18.6 Å². The number of nitriles is 1. The van der Waals surface area contributed by atoms with Gasteiger partial charge in [0.25, 0.3) is 0 Å². The van der Waals surface area contributed by atoms with Crippen LogP contribution in [-0.2, 0) is 0 Å². The van der Waals surface area contributed by atoms with Gasteiger partial charge >= 0.3 is 0 Å². The highest BCUT2D eigenvalue weighted by Gasteiger charge is 2.34. The van der Waals surface area contributed by atoms with Gasteiger partial charge in [0.1, 0.15) is 28.9 Å². The minimum Gasteiger partial charge on any atom is -0.496 e. The minimum absolute atomic E-state index is 0.0651. The molecule has 0 amide bonds. The van der Waals surface area contributed by atoms with Gasteiger partial charge in [-0.3, -0.25) is 0 Å². The zero-order valence-corrected chi connectivity index (χ0v) is 16.2. The summed E-state index contributed by atoms with van der Waals surface area (Å²) in [4.78, 5) is 5.26. The maximum absolute atomic E-state index is 9.48.